The minimum absolute atomic E-state index is 0.0768. The number of aromatic nitrogens is 6. The van der Waals surface area contributed by atoms with Crippen molar-refractivity contribution in [2.24, 2.45) is 0 Å². The number of rotatable bonds is 6. The van der Waals surface area contributed by atoms with Crippen LogP contribution >= 0.6 is 34.7 Å². The molecule has 4 rings (SSSR count). The Kier molecular flexibility index (Phi) is 5.60. The minimum atomic E-state index is -0.306. The van der Waals surface area contributed by atoms with Crippen LogP contribution in [0.1, 0.15) is 11.9 Å². The van der Waals surface area contributed by atoms with Crippen molar-refractivity contribution < 1.29 is 4.79 Å². The third-order valence-corrected chi connectivity index (χ3v) is 5.95. The molecule has 29 heavy (non-hydrogen) atoms. The molecule has 148 valence electrons. The van der Waals surface area contributed by atoms with Crippen LogP contribution < -0.4 is 10.9 Å². The summed E-state index contributed by atoms with van der Waals surface area (Å²) in [5, 5.41) is 15.6. The van der Waals surface area contributed by atoms with Gasteiger partial charge in [0.05, 0.1) is 5.75 Å². The van der Waals surface area contributed by atoms with E-state index in [2.05, 4.69) is 30.6 Å². The quantitative estimate of drug-likeness (QED) is 0.436. The number of amides is 1. The minimum Gasteiger partial charge on any atom is -0.300 e. The molecule has 0 unspecified atom stereocenters. The number of aromatic amines is 1. The Morgan fingerprint density at radius 3 is 2.79 bits per heavy atom. The molecule has 0 spiro atoms. The Labute approximate surface area is 177 Å². The second-order valence-electron chi connectivity index (χ2n) is 5.84. The molecule has 0 aliphatic heterocycles. The van der Waals surface area contributed by atoms with Gasteiger partial charge in [0, 0.05) is 16.7 Å². The predicted molar refractivity (Wildman–Crippen MR) is 113 cm³/mol. The number of carbonyl (C=O) groups is 1. The fraction of sp³-hybridized carbons (Fsp3) is 0.176. The van der Waals surface area contributed by atoms with E-state index in [-0.39, 0.29) is 17.2 Å². The molecule has 0 saturated heterocycles. The first-order valence-corrected chi connectivity index (χ1v) is 10.7. The van der Waals surface area contributed by atoms with Gasteiger partial charge in [-0.05, 0) is 30.7 Å². The molecule has 4 aromatic rings. The molecule has 12 heteroatoms. The maximum Gasteiger partial charge on any atom is 0.266 e. The summed E-state index contributed by atoms with van der Waals surface area (Å²) < 4.78 is 1.46. The van der Waals surface area contributed by atoms with Crippen LogP contribution in [0.3, 0.4) is 0 Å². The van der Waals surface area contributed by atoms with E-state index >= 15 is 0 Å². The van der Waals surface area contributed by atoms with E-state index in [9.17, 15) is 9.59 Å². The second kappa shape index (κ2) is 8.31. The molecule has 0 saturated carbocycles. The van der Waals surface area contributed by atoms with E-state index < -0.39 is 0 Å². The van der Waals surface area contributed by atoms with E-state index in [0.29, 0.717) is 26.8 Å². The molecule has 1 aromatic carbocycles. The number of aryl methyl sites for hydroxylation is 1. The van der Waals surface area contributed by atoms with Crippen molar-refractivity contribution in [3.8, 4) is 11.4 Å². The van der Waals surface area contributed by atoms with Crippen LogP contribution in [0, 0.1) is 0 Å². The standard InChI is InChI=1S/C17H14ClN7O2S2/c1-2-14-22-23-16(29-14)20-13(27)8-28-17-21-15(9-3-5-10(18)6-4-9)19-11-7-12(26)24-25(11)17/h3-7H,2,8H2,1H3,(H,24,26)(H,20,23,27). The summed E-state index contributed by atoms with van der Waals surface area (Å²) in [5.41, 5.74) is 0.854. The average Bonchev–Trinajstić information content (AvgIpc) is 3.31. The van der Waals surface area contributed by atoms with E-state index in [1.165, 1.54) is 33.7 Å². The molecule has 0 radical (unpaired) electrons. The number of H-pyrrole nitrogens is 1. The highest BCUT2D eigenvalue weighted by Crippen LogP contribution is 2.23. The first-order valence-electron chi connectivity index (χ1n) is 8.52. The summed E-state index contributed by atoms with van der Waals surface area (Å²) in [6.07, 6.45) is 0.760. The zero-order chi connectivity index (χ0) is 20.4. The molecular weight excluding hydrogens is 434 g/mol. The van der Waals surface area contributed by atoms with Crippen LogP contribution in [0.5, 0.6) is 0 Å². The lowest BCUT2D eigenvalue weighted by atomic mass is 10.2. The Bertz CT molecular complexity index is 1230. The zero-order valence-electron chi connectivity index (χ0n) is 15.0. The van der Waals surface area contributed by atoms with Crippen molar-refractivity contribution >= 4 is 51.4 Å². The molecule has 1 amide bonds. The number of nitrogens with one attached hydrogen (secondary N) is 2. The van der Waals surface area contributed by atoms with Gasteiger partial charge < -0.3 is 0 Å². The lowest BCUT2D eigenvalue weighted by molar-refractivity contribution is -0.113. The monoisotopic (exact) mass is 447 g/mol. The fourth-order valence-electron chi connectivity index (χ4n) is 2.44. The number of nitrogens with zero attached hydrogens (tertiary/aromatic N) is 5. The first-order chi connectivity index (χ1) is 14.0. The van der Waals surface area contributed by atoms with Crippen LogP contribution in [0.25, 0.3) is 17.0 Å². The topological polar surface area (TPSA) is 118 Å². The van der Waals surface area contributed by atoms with Gasteiger partial charge >= 0.3 is 0 Å². The third-order valence-electron chi connectivity index (χ3n) is 3.78. The van der Waals surface area contributed by atoms with Crippen molar-refractivity contribution in [2.75, 3.05) is 11.1 Å². The number of anilines is 1. The maximum absolute atomic E-state index is 12.3. The fourth-order valence-corrected chi connectivity index (χ4v) is 4.01. The van der Waals surface area contributed by atoms with Gasteiger partial charge in [-0.2, -0.15) is 0 Å². The lowest BCUT2D eigenvalue weighted by Gasteiger charge is -2.07. The van der Waals surface area contributed by atoms with Gasteiger partial charge in [-0.25, -0.2) is 14.5 Å². The van der Waals surface area contributed by atoms with Gasteiger partial charge in [0.2, 0.25) is 11.0 Å². The Balaban J connectivity index is 1.57. The zero-order valence-corrected chi connectivity index (χ0v) is 17.4. The summed E-state index contributed by atoms with van der Waals surface area (Å²) in [6, 6.07) is 8.43. The SMILES string of the molecule is CCc1nnc(NC(=O)CSc2nc(-c3ccc(Cl)cc3)nc3cc(=O)[nH]n23)s1. The molecule has 9 nitrogen and oxygen atoms in total. The molecule has 2 N–H and O–H groups in total. The number of thioether (sulfide) groups is 1. The number of benzene rings is 1. The highest BCUT2D eigenvalue weighted by molar-refractivity contribution is 7.99. The maximum atomic E-state index is 12.3. The molecule has 3 aromatic heterocycles. The molecule has 0 aliphatic carbocycles. The van der Waals surface area contributed by atoms with Gasteiger partial charge in [0.15, 0.2) is 16.6 Å². The highest BCUT2D eigenvalue weighted by atomic mass is 35.5. The molecular formula is C17H14ClN7O2S2. The predicted octanol–water partition coefficient (Wildman–Crippen LogP) is 2.88. The van der Waals surface area contributed by atoms with Gasteiger partial charge in [-0.1, -0.05) is 41.6 Å². The number of hydrogen-bond donors (Lipinski definition) is 2. The van der Waals surface area contributed by atoms with Crippen LogP contribution in [0.2, 0.25) is 5.02 Å². The Hall–Kier alpha value is -2.76. The van der Waals surface area contributed by atoms with Crippen molar-refractivity contribution in [1.82, 2.24) is 29.8 Å². The largest absolute Gasteiger partial charge is 0.300 e. The van der Waals surface area contributed by atoms with Crippen molar-refractivity contribution in [1.29, 1.82) is 0 Å². The molecule has 3 heterocycles. The Morgan fingerprint density at radius 1 is 1.28 bits per heavy atom. The third kappa shape index (κ3) is 4.47. The van der Waals surface area contributed by atoms with Crippen molar-refractivity contribution in [2.45, 2.75) is 18.5 Å². The van der Waals surface area contributed by atoms with Crippen LogP contribution in [-0.4, -0.2) is 41.4 Å². The van der Waals surface area contributed by atoms with E-state index in [4.69, 9.17) is 11.6 Å². The number of halogens is 1. The lowest BCUT2D eigenvalue weighted by Crippen LogP contribution is -2.15. The number of fused-ring (bicyclic) bond motifs is 1. The first kappa shape index (κ1) is 19.6. The second-order valence-corrected chi connectivity index (χ2v) is 8.28. The molecule has 0 bridgehead atoms. The summed E-state index contributed by atoms with van der Waals surface area (Å²) in [5.74, 6) is 0.261. The van der Waals surface area contributed by atoms with Crippen LogP contribution in [0.15, 0.2) is 40.3 Å². The molecule has 0 fully saturated rings. The molecule has 0 atom stereocenters. The molecule has 0 aliphatic rings. The summed E-state index contributed by atoms with van der Waals surface area (Å²) in [6.45, 7) is 1.97. The summed E-state index contributed by atoms with van der Waals surface area (Å²) in [4.78, 5) is 33.0. The number of hydrogen-bond acceptors (Lipinski definition) is 8. The van der Waals surface area contributed by atoms with E-state index in [0.717, 1.165) is 17.0 Å². The van der Waals surface area contributed by atoms with Gasteiger partial charge in [0.1, 0.15) is 5.01 Å². The van der Waals surface area contributed by atoms with E-state index in [1.807, 2.05) is 6.92 Å². The van der Waals surface area contributed by atoms with Crippen LogP contribution in [0.4, 0.5) is 5.13 Å². The average molecular weight is 448 g/mol. The van der Waals surface area contributed by atoms with Gasteiger partial charge in [-0.3, -0.25) is 20.0 Å². The summed E-state index contributed by atoms with van der Waals surface area (Å²) in [7, 11) is 0. The van der Waals surface area contributed by atoms with Crippen molar-refractivity contribution in [3.63, 3.8) is 0 Å². The van der Waals surface area contributed by atoms with E-state index in [1.54, 1.807) is 24.3 Å². The highest BCUT2D eigenvalue weighted by Gasteiger charge is 2.14. The summed E-state index contributed by atoms with van der Waals surface area (Å²) >= 11 is 8.45. The smallest absolute Gasteiger partial charge is 0.266 e. The normalized spacial score (nSPS) is 11.1. The van der Waals surface area contributed by atoms with Gasteiger partial charge in [-0.15, -0.1) is 10.2 Å². The number of carbonyl (C=O) groups excluding carboxylic acids is 1. The van der Waals surface area contributed by atoms with Crippen molar-refractivity contribution in [3.05, 3.63) is 50.7 Å². The van der Waals surface area contributed by atoms with Gasteiger partial charge in [0.25, 0.3) is 5.56 Å². The Morgan fingerprint density at radius 2 is 2.07 bits per heavy atom. The van der Waals surface area contributed by atoms with Crippen LogP contribution in [-0.2, 0) is 11.2 Å².